The minimum atomic E-state index is -0.422. The largest absolute Gasteiger partial charge is 0.490 e. The van der Waals surface area contributed by atoms with Crippen molar-refractivity contribution >= 4 is 23.1 Å². The Morgan fingerprint density at radius 2 is 1.75 bits per heavy atom. The van der Waals surface area contributed by atoms with Gasteiger partial charge < -0.3 is 19.5 Å². The average molecular weight is 510 g/mol. The Labute approximate surface area is 211 Å². The number of benzene rings is 1. The van der Waals surface area contributed by atoms with Gasteiger partial charge in [-0.15, -0.1) is 11.3 Å². The molecule has 36 heavy (non-hydrogen) atoms. The van der Waals surface area contributed by atoms with Crippen LogP contribution >= 0.6 is 11.3 Å². The van der Waals surface area contributed by atoms with Crippen LogP contribution < -0.4 is 25.1 Å². The van der Waals surface area contributed by atoms with Crippen molar-refractivity contribution in [2.24, 2.45) is 0 Å². The predicted molar refractivity (Wildman–Crippen MR) is 138 cm³/mol. The second-order valence-corrected chi connectivity index (χ2v) is 8.52. The molecule has 0 saturated carbocycles. The lowest BCUT2D eigenvalue weighted by atomic mass is 10.1. The zero-order valence-corrected chi connectivity index (χ0v) is 21.3. The van der Waals surface area contributed by atoms with Gasteiger partial charge >= 0.3 is 0 Å². The predicted octanol–water partition coefficient (Wildman–Crippen LogP) is 4.44. The number of anilines is 1. The van der Waals surface area contributed by atoms with Crippen molar-refractivity contribution in [1.29, 1.82) is 0 Å². The number of aryl methyl sites for hydroxylation is 1. The van der Waals surface area contributed by atoms with Crippen LogP contribution in [0.2, 0.25) is 0 Å². The van der Waals surface area contributed by atoms with E-state index >= 15 is 0 Å². The molecule has 0 bridgehead atoms. The molecule has 0 aliphatic rings. The van der Waals surface area contributed by atoms with Crippen molar-refractivity contribution in [2.45, 2.75) is 27.7 Å². The SMILES string of the molecule is CCOc1cc(C(=O)Nc2cc(-c3cccs3)nn2-c2nc(C)cc(=O)[nH]2)cc(OCC)c1OCC. The number of H-pyrrole nitrogens is 1. The number of nitrogens with zero attached hydrogens (tertiary/aromatic N) is 3. The molecule has 1 aromatic carbocycles. The van der Waals surface area contributed by atoms with Crippen LogP contribution in [0.15, 0.2) is 46.6 Å². The van der Waals surface area contributed by atoms with Gasteiger partial charge in [-0.05, 0) is 51.3 Å². The van der Waals surface area contributed by atoms with Crippen LogP contribution in [0.25, 0.3) is 16.5 Å². The van der Waals surface area contributed by atoms with Crippen molar-refractivity contribution in [3.63, 3.8) is 0 Å². The number of carbonyl (C=O) groups is 1. The number of thiophene rings is 1. The van der Waals surface area contributed by atoms with E-state index in [2.05, 4.69) is 20.4 Å². The minimum Gasteiger partial charge on any atom is -0.490 e. The molecule has 0 saturated heterocycles. The normalized spacial score (nSPS) is 10.8. The molecule has 0 unspecified atom stereocenters. The van der Waals surface area contributed by atoms with E-state index in [4.69, 9.17) is 14.2 Å². The Kier molecular flexibility index (Phi) is 7.69. The number of aromatic nitrogens is 4. The van der Waals surface area contributed by atoms with Gasteiger partial charge in [-0.3, -0.25) is 14.6 Å². The number of rotatable bonds is 10. The number of hydrogen-bond donors (Lipinski definition) is 2. The summed E-state index contributed by atoms with van der Waals surface area (Å²) in [6.07, 6.45) is 0. The maximum atomic E-state index is 13.4. The van der Waals surface area contributed by atoms with Crippen molar-refractivity contribution in [3.8, 4) is 33.8 Å². The van der Waals surface area contributed by atoms with E-state index in [1.165, 1.54) is 22.1 Å². The van der Waals surface area contributed by atoms with Crippen LogP contribution in [0.1, 0.15) is 36.8 Å². The zero-order valence-electron chi connectivity index (χ0n) is 20.5. The van der Waals surface area contributed by atoms with Gasteiger partial charge in [0.15, 0.2) is 11.5 Å². The highest BCUT2D eigenvalue weighted by Gasteiger charge is 2.21. The summed E-state index contributed by atoms with van der Waals surface area (Å²) < 4.78 is 18.6. The average Bonchev–Trinajstić information content (AvgIpc) is 3.51. The van der Waals surface area contributed by atoms with Gasteiger partial charge in [-0.25, -0.2) is 4.98 Å². The molecule has 4 rings (SSSR count). The summed E-state index contributed by atoms with van der Waals surface area (Å²) >= 11 is 1.51. The molecular formula is C25H27N5O5S. The third-order valence-electron chi connectivity index (χ3n) is 4.95. The standard InChI is InChI=1S/C25H27N5O5S/c1-5-33-18-12-16(13-19(34-6-2)23(18)35-7-3)24(32)27-21-14-17(20-9-8-10-36-20)29-30(21)25-26-15(4)11-22(31)28-25/h8-14H,5-7H2,1-4H3,(H,27,32)(H,26,28,31). The molecular weight excluding hydrogens is 482 g/mol. The van der Waals surface area contributed by atoms with Crippen molar-refractivity contribution in [3.05, 3.63) is 63.4 Å². The van der Waals surface area contributed by atoms with Gasteiger partial charge in [0.05, 0.1) is 24.7 Å². The molecule has 0 aliphatic carbocycles. The van der Waals surface area contributed by atoms with Gasteiger partial charge in [-0.1, -0.05) is 6.07 Å². The van der Waals surface area contributed by atoms with Crippen LogP contribution in [0.4, 0.5) is 5.82 Å². The fourth-order valence-electron chi connectivity index (χ4n) is 3.55. The van der Waals surface area contributed by atoms with Crippen LogP contribution in [-0.4, -0.2) is 45.5 Å². The first-order valence-electron chi connectivity index (χ1n) is 11.5. The Hall–Kier alpha value is -4.12. The van der Waals surface area contributed by atoms with Crippen LogP contribution in [0.5, 0.6) is 17.2 Å². The molecule has 0 atom stereocenters. The van der Waals surface area contributed by atoms with Gasteiger partial charge in [0.1, 0.15) is 11.5 Å². The topological polar surface area (TPSA) is 120 Å². The molecule has 2 N–H and O–H groups in total. The second kappa shape index (κ2) is 11.1. The molecule has 3 aromatic heterocycles. The maximum Gasteiger partial charge on any atom is 0.257 e. The van der Waals surface area contributed by atoms with Gasteiger partial charge in [0.2, 0.25) is 11.7 Å². The lowest BCUT2D eigenvalue weighted by Crippen LogP contribution is -2.19. The number of nitrogens with one attached hydrogen (secondary N) is 2. The molecule has 11 heteroatoms. The monoisotopic (exact) mass is 509 g/mol. The number of hydrogen-bond acceptors (Lipinski definition) is 8. The number of amides is 1. The quantitative estimate of drug-likeness (QED) is 0.324. The third-order valence-corrected chi connectivity index (χ3v) is 5.85. The molecule has 0 spiro atoms. The molecule has 1 amide bonds. The first-order valence-corrected chi connectivity index (χ1v) is 12.4. The minimum absolute atomic E-state index is 0.190. The Morgan fingerprint density at radius 3 is 2.33 bits per heavy atom. The summed E-state index contributed by atoms with van der Waals surface area (Å²) in [5, 5.41) is 9.42. The Balaban J connectivity index is 1.76. The number of carbonyl (C=O) groups excluding carboxylic acids is 1. The fourth-order valence-corrected chi connectivity index (χ4v) is 4.23. The van der Waals surface area contributed by atoms with Gasteiger partial charge in [0, 0.05) is 23.4 Å². The van der Waals surface area contributed by atoms with Crippen LogP contribution in [-0.2, 0) is 0 Å². The smallest absolute Gasteiger partial charge is 0.257 e. The highest BCUT2D eigenvalue weighted by Crippen LogP contribution is 2.39. The molecule has 188 valence electrons. The lowest BCUT2D eigenvalue weighted by molar-refractivity contribution is 0.102. The van der Waals surface area contributed by atoms with Crippen molar-refractivity contribution in [1.82, 2.24) is 19.7 Å². The summed E-state index contributed by atoms with van der Waals surface area (Å²) in [7, 11) is 0. The number of aromatic amines is 1. The molecule has 10 nitrogen and oxygen atoms in total. The summed E-state index contributed by atoms with van der Waals surface area (Å²) in [4.78, 5) is 33.5. The summed E-state index contributed by atoms with van der Waals surface area (Å²) in [5.74, 6) is 1.37. The van der Waals surface area contributed by atoms with Gasteiger partial charge in [0.25, 0.3) is 11.5 Å². The van der Waals surface area contributed by atoms with Crippen LogP contribution in [0, 0.1) is 6.92 Å². The van der Waals surface area contributed by atoms with E-state index < -0.39 is 5.91 Å². The van der Waals surface area contributed by atoms with Crippen LogP contribution in [0.3, 0.4) is 0 Å². The Bertz CT molecular complexity index is 1380. The molecule has 3 heterocycles. The van der Waals surface area contributed by atoms with E-state index in [1.807, 2.05) is 38.3 Å². The van der Waals surface area contributed by atoms with E-state index in [0.29, 0.717) is 59.8 Å². The number of ether oxygens (including phenoxy) is 3. The second-order valence-electron chi connectivity index (χ2n) is 7.57. The highest BCUT2D eigenvalue weighted by atomic mass is 32.1. The fraction of sp³-hybridized carbons (Fsp3) is 0.280. The molecule has 0 radical (unpaired) electrons. The molecule has 4 aromatic rings. The van der Waals surface area contributed by atoms with Crippen molar-refractivity contribution in [2.75, 3.05) is 25.1 Å². The van der Waals surface area contributed by atoms with E-state index in [1.54, 1.807) is 25.1 Å². The highest BCUT2D eigenvalue weighted by molar-refractivity contribution is 7.13. The van der Waals surface area contributed by atoms with Gasteiger partial charge in [-0.2, -0.15) is 9.78 Å². The first-order chi connectivity index (χ1) is 17.4. The third kappa shape index (κ3) is 5.41. The maximum absolute atomic E-state index is 13.4. The van der Waals surface area contributed by atoms with Crippen molar-refractivity contribution < 1.29 is 19.0 Å². The summed E-state index contributed by atoms with van der Waals surface area (Å²) in [6.45, 7) is 8.47. The zero-order chi connectivity index (χ0) is 25.7. The summed E-state index contributed by atoms with van der Waals surface area (Å²) in [6, 6.07) is 10.2. The summed E-state index contributed by atoms with van der Waals surface area (Å²) in [5.41, 5.74) is 1.13. The van der Waals surface area contributed by atoms with E-state index in [-0.39, 0.29) is 11.5 Å². The lowest BCUT2D eigenvalue weighted by Gasteiger charge is -2.17. The van der Waals surface area contributed by atoms with E-state index in [0.717, 1.165) is 4.88 Å². The van der Waals surface area contributed by atoms with E-state index in [9.17, 15) is 9.59 Å². The first kappa shape index (κ1) is 25.0. The molecule has 0 fully saturated rings. The Morgan fingerprint density at radius 1 is 1.06 bits per heavy atom. The molecule has 0 aliphatic heterocycles.